The molecule has 1 aliphatic heterocycles. The Bertz CT molecular complexity index is 841. The molecule has 0 radical (unpaired) electrons. The van der Waals surface area contributed by atoms with E-state index in [0.717, 1.165) is 0 Å². The predicted molar refractivity (Wildman–Crippen MR) is 97.4 cm³/mol. The van der Waals surface area contributed by atoms with E-state index in [4.69, 9.17) is 19.9 Å². The molecule has 0 saturated heterocycles. The highest BCUT2D eigenvalue weighted by Crippen LogP contribution is 2.39. The molecule has 1 aliphatic rings. The molecule has 1 aromatic carbocycles. The van der Waals surface area contributed by atoms with Crippen LogP contribution >= 0.6 is 0 Å². The van der Waals surface area contributed by atoms with Gasteiger partial charge in [-0.15, -0.1) is 0 Å². The Balaban J connectivity index is 2.66. The molecule has 8 nitrogen and oxygen atoms in total. The number of carbonyl (C=O) groups is 1. The molecular weight excluding hydrogens is 351 g/mol. The quantitative estimate of drug-likeness (QED) is 0.483. The summed E-state index contributed by atoms with van der Waals surface area (Å²) in [6.07, 6.45) is 0. The second-order valence-electron chi connectivity index (χ2n) is 5.72. The predicted octanol–water partition coefficient (Wildman–Crippen LogP) is 0.410. The van der Waals surface area contributed by atoms with E-state index in [1.807, 2.05) is 6.07 Å². The molecule has 2 rings (SSSR count). The fraction of sp³-hybridized carbons (Fsp3) is 0.333. The van der Waals surface area contributed by atoms with Gasteiger partial charge in [0, 0.05) is 5.46 Å². The lowest BCUT2D eigenvalue weighted by Crippen LogP contribution is -2.33. The van der Waals surface area contributed by atoms with Gasteiger partial charge in [-0.1, -0.05) is 12.1 Å². The Morgan fingerprint density at radius 2 is 2.07 bits per heavy atom. The molecule has 0 amide bonds. The minimum Gasteiger partial charge on any atom is -0.494 e. The molecule has 0 aliphatic carbocycles. The summed E-state index contributed by atoms with van der Waals surface area (Å²) in [5, 5.41) is 28.9. The Hall–Kier alpha value is -2.96. The van der Waals surface area contributed by atoms with E-state index in [1.165, 1.54) is 6.07 Å². The van der Waals surface area contributed by atoms with E-state index in [2.05, 4.69) is 0 Å². The second-order valence-corrected chi connectivity index (χ2v) is 5.72. The average molecular weight is 372 g/mol. The third kappa shape index (κ3) is 4.08. The first kappa shape index (κ1) is 20.4. The standard InChI is InChI=1S/C18H21BN2O6/c1-4-25-14-7-6-11(8-13(14)19(23)24)16-12(9-20)17(21)27-10(3)15(16)18(22)26-5-2/h6-8,16,23-24H,4-5,21H2,1-3H3. The normalized spacial score (nSPS) is 16.5. The average Bonchev–Trinajstić information content (AvgIpc) is 2.61. The number of benzene rings is 1. The molecule has 0 saturated carbocycles. The van der Waals surface area contributed by atoms with Gasteiger partial charge in [-0.3, -0.25) is 0 Å². The first-order valence-electron chi connectivity index (χ1n) is 8.43. The number of hydrogen-bond donors (Lipinski definition) is 3. The van der Waals surface area contributed by atoms with Crippen LogP contribution in [-0.4, -0.2) is 36.3 Å². The van der Waals surface area contributed by atoms with E-state index in [-0.39, 0.29) is 40.6 Å². The number of allylic oxidation sites excluding steroid dienone is 2. The molecule has 0 bridgehead atoms. The van der Waals surface area contributed by atoms with Crippen LogP contribution in [0.2, 0.25) is 0 Å². The number of nitriles is 1. The maximum atomic E-state index is 12.5. The van der Waals surface area contributed by atoms with Crippen molar-refractivity contribution in [1.82, 2.24) is 0 Å². The Labute approximate surface area is 157 Å². The zero-order valence-corrected chi connectivity index (χ0v) is 15.4. The van der Waals surface area contributed by atoms with Crippen LogP contribution in [0.5, 0.6) is 5.75 Å². The topological polar surface area (TPSA) is 135 Å². The largest absolute Gasteiger partial charge is 0.494 e. The number of esters is 1. The van der Waals surface area contributed by atoms with Gasteiger partial charge in [0.15, 0.2) is 0 Å². The van der Waals surface area contributed by atoms with E-state index in [0.29, 0.717) is 12.2 Å². The summed E-state index contributed by atoms with van der Waals surface area (Å²) in [5.41, 5.74) is 6.57. The molecular formula is C18H21BN2O6. The molecule has 9 heteroatoms. The molecule has 1 atom stereocenters. The van der Waals surface area contributed by atoms with Crippen molar-refractivity contribution in [2.75, 3.05) is 13.2 Å². The van der Waals surface area contributed by atoms with Gasteiger partial charge < -0.3 is 30.0 Å². The van der Waals surface area contributed by atoms with Crippen molar-refractivity contribution >= 4 is 18.6 Å². The van der Waals surface area contributed by atoms with Gasteiger partial charge in [0.05, 0.1) is 24.7 Å². The van der Waals surface area contributed by atoms with Crippen molar-refractivity contribution in [3.8, 4) is 11.8 Å². The van der Waals surface area contributed by atoms with Crippen LogP contribution in [0.1, 0.15) is 32.3 Å². The van der Waals surface area contributed by atoms with Crippen LogP contribution in [0, 0.1) is 11.3 Å². The minimum atomic E-state index is -1.80. The first-order chi connectivity index (χ1) is 12.8. The fourth-order valence-electron chi connectivity index (χ4n) is 2.92. The van der Waals surface area contributed by atoms with Gasteiger partial charge in [-0.2, -0.15) is 5.26 Å². The molecule has 4 N–H and O–H groups in total. The van der Waals surface area contributed by atoms with Crippen LogP contribution in [0.25, 0.3) is 0 Å². The summed E-state index contributed by atoms with van der Waals surface area (Å²) < 4.78 is 15.8. The van der Waals surface area contributed by atoms with Gasteiger partial charge in [0.2, 0.25) is 5.88 Å². The number of hydrogen-bond acceptors (Lipinski definition) is 8. The summed E-state index contributed by atoms with van der Waals surface area (Å²) >= 11 is 0. The van der Waals surface area contributed by atoms with Gasteiger partial charge in [0.1, 0.15) is 23.2 Å². The van der Waals surface area contributed by atoms with Crippen LogP contribution < -0.4 is 15.9 Å². The number of carbonyl (C=O) groups excluding carboxylic acids is 1. The van der Waals surface area contributed by atoms with Crippen molar-refractivity contribution < 1.29 is 29.1 Å². The van der Waals surface area contributed by atoms with E-state index in [1.54, 1.807) is 32.9 Å². The maximum Gasteiger partial charge on any atom is 0.492 e. The summed E-state index contributed by atoms with van der Waals surface area (Å²) in [4.78, 5) is 12.5. The minimum absolute atomic E-state index is 0.0335. The SMILES string of the molecule is CCOC(=O)C1=C(C)OC(N)=C(C#N)C1c1ccc(OCC)c(B(O)O)c1. The third-order valence-electron chi connectivity index (χ3n) is 4.05. The van der Waals surface area contributed by atoms with E-state index < -0.39 is 19.0 Å². The zero-order valence-electron chi connectivity index (χ0n) is 15.4. The fourth-order valence-corrected chi connectivity index (χ4v) is 2.92. The van der Waals surface area contributed by atoms with Crippen molar-refractivity contribution in [2.24, 2.45) is 5.73 Å². The Morgan fingerprint density at radius 3 is 2.63 bits per heavy atom. The van der Waals surface area contributed by atoms with E-state index in [9.17, 15) is 20.1 Å². The molecule has 1 unspecified atom stereocenters. The summed E-state index contributed by atoms with van der Waals surface area (Å²) in [5.74, 6) is -1.11. The van der Waals surface area contributed by atoms with Gasteiger partial charge in [-0.05, 0) is 32.4 Å². The van der Waals surface area contributed by atoms with E-state index >= 15 is 0 Å². The zero-order chi connectivity index (χ0) is 20.1. The molecule has 1 aromatic rings. The van der Waals surface area contributed by atoms with Gasteiger partial charge in [-0.25, -0.2) is 4.79 Å². The van der Waals surface area contributed by atoms with Crippen LogP contribution in [0.3, 0.4) is 0 Å². The van der Waals surface area contributed by atoms with Crippen molar-refractivity contribution in [3.05, 3.63) is 46.6 Å². The number of nitrogens with two attached hydrogens (primary N) is 1. The van der Waals surface area contributed by atoms with Crippen molar-refractivity contribution in [1.29, 1.82) is 5.26 Å². The highest BCUT2D eigenvalue weighted by Gasteiger charge is 2.37. The molecule has 1 heterocycles. The molecule has 0 fully saturated rings. The summed E-state index contributed by atoms with van der Waals surface area (Å²) in [6.45, 7) is 5.46. The highest BCUT2D eigenvalue weighted by molar-refractivity contribution is 6.59. The molecule has 0 aromatic heterocycles. The van der Waals surface area contributed by atoms with Gasteiger partial charge in [0.25, 0.3) is 0 Å². The molecule has 142 valence electrons. The summed E-state index contributed by atoms with van der Waals surface area (Å²) in [6, 6.07) is 6.61. The summed E-state index contributed by atoms with van der Waals surface area (Å²) in [7, 11) is -1.80. The van der Waals surface area contributed by atoms with Crippen molar-refractivity contribution in [2.45, 2.75) is 26.7 Å². The number of rotatable bonds is 6. The smallest absolute Gasteiger partial charge is 0.492 e. The lowest BCUT2D eigenvalue weighted by Gasteiger charge is -2.27. The van der Waals surface area contributed by atoms with Gasteiger partial charge >= 0.3 is 13.1 Å². The third-order valence-corrected chi connectivity index (χ3v) is 4.05. The molecule has 0 spiro atoms. The Morgan fingerprint density at radius 1 is 1.37 bits per heavy atom. The van der Waals surface area contributed by atoms with Crippen LogP contribution in [-0.2, 0) is 14.3 Å². The maximum absolute atomic E-state index is 12.5. The number of nitrogens with zero attached hydrogens (tertiary/aromatic N) is 1. The lowest BCUT2D eigenvalue weighted by molar-refractivity contribution is -0.139. The van der Waals surface area contributed by atoms with Crippen molar-refractivity contribution in [3.63, 3.8) is 0 Å². The van der Waals surface area contributed by atoms with Crippen LogP contribution in [0.15, 0.2) is 41.0 Å². The van der Waals surface area contributed by atoms with Crippen LogP contribution in [0.4, 0.5) is 0 Å². The monoisotopic (exact) mass is 372 g/mol. The molecule has 27 heavy (non-hydrogen) atoms. The Kier molecular flexibility index (Phi) is 6.50. The lowest BCUT2D eigenvalue weighted by atomic mass is 9.75. The first-order valence-corrected chi connectivity index (χ1v) is 8.43. The second kappa shape index (κ2) is 8.62. The number of ether oxygens (including phenoxy) is 3. The highest BCUT2D eigenvalue weighted by atomic mass is 16.5.